The summed E-state index contributed by atoms with van der Waals surface area (Å²) in [6.45, 7) is 7.84. The second kappa shape index (κ2) is 10.2. The molecule has 0 unspecified atom stereocenters. The van der Waals surface area contributed by atoms with Crippen LogP contribution in [0.5, 0.6) is 5.75 Å². The van der Waals surface area contributed by atoms with E-state index in [-0.39, 0.29) is 0 Å². The molecule has 1 N–H and O–H groups in total. The van der Waals surface area contributed by atoms with Gasteiger partial charge in [0.05, 0.1) is 6.61 Å². The van der Waals surface area contributed by atoms with Gasteiger partial charge in [0.15, 0.2) is 0 Å². The highest BCUT2D eigenvalue weighted by Gasteiger charge is 2.03. The van der Waals surface area contributed by atoms with Gasteiger partial charge >= 0.3 is 0 Å². The van der Waals surface area contributed by atoms with Crippen molar-refractivity contribution < 1.29 is 9.47 Å². The fraction of sp³-hybridized carbons (Fsp3) is 0.625. The van der Waals surface area contributed by atoms with Gasteiger partial charge in [-0.3, -0.25) is 0 Å². The summed E-state index contributed by atoms with van der Waals surface area (Å²) < 4.78 is 11.9. The molecule has 0 spiro atoms. The van der Waals surface area contributed by atoms with E-state index in [4.69, 9.17) is 9.47 Å². The molecule has 0 atom stereocenters. The molecule has 0 aliphatic rings. The number of methoxy groups -OCH3 is 1. The number of rotatable bonds is 10. The third-order valence-corrected chi connectivity index (χ3v) is 3.67. The van der Waals surface area contributed by atoms with Crippen molar-refractivity contribution in [2.45, 2.75) is 33.2 Å². The summed E-state index contributed by atoms with van der Waals surface area (Å²) in [7, 11) is 1.73. The van der Waals surface area contributed by atoms with E-state index >= 15 is 0 Å². The van der Waals surface area contributed by atoms with Crippen LogP contribution in [0.1, 0.15) is 32.3 Å². The van der Waals surface area contributed by atoms with Crippen molar-refractivity contribution in [2.75, 3.05) is 26.9 Å². The molecule has 0 saturated heterocycles. The van der Waals surface area contributed by atoms with Gasteiger partial charge < -0.3 is 14.8 Å². The second-order valence-corrected chi connectivity index (χ2v) is 6.18. The smallest absolute Gasteiger partial charge is 0.119 e. The third kappa shape index (κ3) is 7.27. The summed E-state index contributed by atoms with van der Waals surface area (Å²) in [4.78, 5) is 0. The Morgan fingerprint density at radius 3 is 2.65 bits per heavy atom. The first-order chi connectivity index (χ1) is 9.63. The summed E-state index contributed by atoms with van der Waals surface area (Å²) in [5, 5.41) is 3.45. The molecule has 1 aromatic carbocycles. The lowest BCUT2D eigenvalue weighted by Crippen LogP contribution is -2.19. The molecule has 0 radical (unpaired) electrons. The van der Waals surface area contributed by atoms with Gasteiger partial charge in [0, 0.05) is 24.7 Å². The molecule has 0 amide bonds. The Labute approximate surface area is 131 Å². The highest BCUT2D eigenvalue weighted by molar-refractivity contribution is 9.10. The number of halogens is 1. The first-order valence-corrected chi connectivity index (χ1v) is 8.03. The van der Waals surface area contributed by atoms with E-state index < -0.39 is 0 Å². The van der Waals surface area contributed by atoms with E-state index in [9.17, 15) is 0 Å². The van der Waals surface area contributed by atoms with Crippen LogP contribution in [0.4, 0.5) is 0 Å². The van der Waals surface area contributed by atoms with E-state index in [1.807, 2.05) is 6.07 Å². The Bertz CT molecular complexity index is 383. The Morgan fingerprint density at radius 1 is 1.20 bits per heavy atom. The van der Waals surface area contributed by atoms with Gasteiger partial charge in [-0.2, -0.15) is 0 Å². The monoisotopic (exact) mass is 343 g/mol. The maximum atomic E-state index is 5.77. The number of nitrogens with one attached hydrogen (secondary N) is 1. The maximum Gasteiger partial charge on any atom is 0.119 e. The Hall–Kier alpha value is -0.580. The summed E-state index contributed by atoms with van der Waals surface area (Å²) in [5.41, 5.74) is 1.24. The summed E-state index contributed by atoms with van der Waals surface area (Å²) in [6.07, 6.45) is 2.06. The zero-order valence-corrected chi connectivity index (χ0v) is 14.3. The Kier molecular flexibility index (Phi) is 8.90. The average Bonchev–Trinajstić information content (AvgIpc) is 2.41. The molecular weight excluding hydrogens is 318 g/mol. The van der Waals surface area contributed by atoms with Crippen LogP contribution in [0, 0.1) is 5.92 Å². The highest BCUT2D eigenvalue weighted by Crippen LogP contribution is 2.22. The third-order valence-electron chi connectivity index (χ3n) is 2.90. The molecule has 20 heavy (non-hydrogen) atoms. The quantitative estimate of drug-likeness (QED) is 0.651. The Balaban J connectivity index is 2.40. The van der Waals surface area contributed by atoms with Crippen LogP contribution in [-0.4, -0.2) is 26.9 Å². The van der Waals surface area contributed by atoms with Gasteiger partial charge in [0.25, 0.3) is 0 Å². The van der Waals surface area contributed by atoms with Crippen molar-refractivity contribution in [1.82, 2.24) is 5.32 Å². The van der Waals surface area contributed by atoms with Crippen molar-refractivity contribution in [3.05, 3.63) is 28.2 Å². The summed E-state index contributed by atoms with van der Waals surface area (Å²) in [5.74, 6) is 1.60. The molecule has 0 heterocycles. The minimum absolute atomic E-state index is 0.661. The number of hydrogen-bond donors (Lipinski definition) is 1. The van der Waals surface area contributed by atoms with Crippen LogP contribution in [0.3, 0.4) is 0 Å². The largest absolute Gasteiger partial charge is 0.494 e. The lowest BCUT2D eigenvalue weighted by molar-refractivity contribution is 0.184. The van der Waals surface area contributed by atoms with Gasteiger partial charge in [-0.15, -0.1) is 0 Å². The van der Waals surface area contributed by atoms with Crippen molar-refractivity contribution >= 4 is 15.9 Å². The molecule has 1 aromatic rings. The molecule has 0 fully saturated rings. The van der Waals surface area contributed by atoms with Gasteiger partial charge in [-0.25, -0.2) is 0 Å². The number of hydrogen-bond acceptors (Lipinski definition) is 3. The predicted octanol–water partition coefficient (Wildman–Crippen LogP) is 4.00. The fourth-order valence-electron chi connectivity index (χ4n) is 1.81. The number of unbranched alkanes of at least 4 members (excludes halogenated alkanes) is 1. The van der Waals surface area contributed by atoms with Crippen LogP contribution >= 0.6 is 15.9 Å². The molecule has 0 aromatic heterocycles. The molecule has 0 aliphatic carbocycles. The molecular formula is C16H26BrNO2. The van der Waals surface area contributed by atoms with Gasteiger partial charge in [-0.05, 0) is 49.1 Å². The average molecular weight is 344 g/mol. The first kappa shape index (κ1) is 17.5. The predicted molar refractivity (Wildman–Crippen MR) is 87.3 cm³/mol. The molecule has 0 saturated carbocycles. The minimum Gasteiger partial charge on any atom is -0.494 e. The van der Waals surface area contributed by atoms with Crippen LogP contribution in [-0.2, 0) is 11.3 Å². The molecule has 3 nitrogen and oxygen atoms in total. The van der Waals surface area contributed by atoms with Crippen molar-refractivity contribution in [1.29, 1.82) is 0 Å². The standard InChI is InChI=1S/C16H26BrNO2/c1-13(2)11-18-12-14-10-15(6-7-16(14)17)20-9-5-4-8-19-3/h6-7,10,13,18H,4-5,8-9,11-12H2,1-3H3. The normalized spacial score (nSPS) is 11.1. The molecule has 0 bridgehead atoms. The van der Waals surface area contributed by atoms with E-state index in [2.05, 4.69) is 47.2 Å². The molecule has 1 rings (SSSR count). The molecule has 4 heteroatoms. The van der Waals surface area contributed by atoms with E-state index in [1.165, 1.54) is 5.56 Å². The SMILES string of the molecule is COCCCCOc1ccc(Br)c(CNCC(C)C)c1. The second-order valence-electron chi connectivity index (χ2n) is 5.33. The highest BCUT2D eigenvalue weighted by atomic mass is 79.9. The van der Waals surface area contributed by atoms with E-state index in [0.717, 1.165) is 49.4 Å². The zero-order valence-electron chi connectivity index (χ0n) is 12.7. The van der Waals surface area contributed by atoms with E-state index in [1.54, 1.807) is 7.11 Å². The van der Waals surface area contributed by atoms with Gasteiger partial charge in [0.1, 0.15) is 5.75 Å². The Morgan fingerprint density at radius 2 is 1.95 bits per heavy atom. The fourth-order valence-corrected chi connectivity index (χ4v) is 2.20. The van der Waals surface area contributed by atoms with Gasteiger partial charge in [-0.1, -0.05) is 29.8 Å². The minimum atomic E-state index is 0.661. The van der Waals surface area contributed by atoms with Crippen molar-refractivity contribution in [2.24, 2.45) is 5.92 Å². The van der Waals surface area contributed by atoms with Crippen LogP contribution in [0.15, 0.2) is 22.7 Å². The zero-order chi connectivity index (χ0) is 14.8. The summed E-state index contributed by atoms with van der Waals surface area (Å²) >= 11 is 3.59. The van der Waals surface area contributed by atoms with Crippen LogP contribution in [0.2, 0.25) is 0 Å². The number of benzene rings is 1. The first-order valence-electron chi connectivity index (χ1n) is 7.24. The lowest BCUT2D eigenvalue weighted by Gasteiger charge is -2.12. The van der Waals surface area contributed by atoms with Gasteiger partial charge in [0.2, 0.25) is 0 Å². The molecule has 0 aliphatic heterocycles. The number of ether oxygens (including phenoxy) is 2. The summed E-state index contributed by atoms with van der Waals surface area (Å²) in [6, 6.07) is 6.16. The van der Waals surface area contributed by atoms with Crippen LogP contribution in [0.25, 0.3) is 0 Å². The molecule has 114 valence electrons. The van der Waals surface area contributed by atoms with Crippen LogP contribution < -0.4 is 10.1 Å². The van der Waals surface area contributed by atoms with Crippen molar-refractivity contribution in [3.8, 4) is 5.75 Å². The topological polar surface area (TPSA) is 30.5 Å². The maximum absolute atomic E-state index is 5.77. The van der Waals surface area contributed by atoms with E-state index in [0.29, 0.717) is 5.92 Å². The van der Waals surface area contributed by atoms with Crippen molar-refractivity contribution in [3.63, 3.8) is 0 Å². The lowest BCUT2D eigenvalue weighted by atomic mass is 10.2.